The number of nitrogens with one attached hydrogen (secondary N) is 1. The van der Waals surface area contributed by atoms with Crippen LogP contribution >= 0.6 is 11.3 Å². The zero-order chi connectivity index (χ0) is 22.2. The Bertz CT molecular complexity index is 1240. The van der Waals surface area contributed by atoms with Gasteiger partial charge in [-0.25, -0.2) is 16.8 Å². The van der Waals surface area contributed by atoms with Gasteiger partial charge in [-0.1, -0.05) is 24.3 Å². The van der Waals surface area contributed by atoms with Gasteiger partial charge in [-0.3, -0.25) is 9.03 Å². The number of anilines is 2. The minimum Gasteiger partial charge on any atom is -0.284 e. The summed E-state index contributed by atoms with van der Waals surface area (Å²) < 4.78 is 91.6. The number of benzene rings is 2. The molecule has 0 unspecified atom stereocenters. The molecule has 0 radical (unpaired) electrons. The first-order valence-electron chi connectivity index (χ1n) is 8.51. The highest BCUT2D eigenvalue weighted by atomic mass is 32.2. The molecule has 0 spiro atoms. The Morgan fingerprint density at radius 3 is 2.33 bits per heavy atom. The molecule has 1 aromatic heterocycles. The molecular formula is C18H17F3N2O4S3. The van der Waals surface area contributed by atoms with E-state index in [1.165, 1.54) is 24.3 Å². The number of halogens is 3. The molecule has 2 aromatic carbocycles. The fourth-order valence-corrected chi connectivity index (χ4v) is 6.09. The van der Waals surface area contributed by atoms with Crippen molar-refractivity contribution >= 4 is 52.2 Å². The van der Waals surface area contributed by atoms with Crippen LogP contribution in [0.15, 0.2) is 59.5 Å². The second-order valence-corrected chi connectivity index (χ2v) is 11.1. The predicted molar refractivity (Wildman–Crippen MR) is 112 cm³/mol. The molecular weight excluding hydrogens is 461 g/mol. The standard InChI is InChI=1S/C18H17F3N2O4S3/c1-29(24,25)22-14-6-4-7-15(12-14)30(26,27)23(10-9-18(19,20)21)17-11-13-5-2-3-8-16(13)28-17/h2-8,11-12,22H,9-10H2,1H3. The molecule has 0 atom stereocenters. The fourth-order valence-electron chi connectivity index (χ4n) is 2.73. The predicted octanol–water partition coefficient (Wildman–Crippen LogP) is 4.42. The zero-order valence-corrected chi connectivity index (χ0v) is 18.0. The van der Waals surface area contributed by atoms with Gasteiger partial charge in [0.1, 0.15) is 5.00 Å². The van der Waals surface area contributed by atoms with Crippen LogP contribution < -0.4 is 9.03 Å². The highest BCUT2D eigenvalue weighted by Crippen LogP contribution is 2.36. The summed E-state index contributed by atoms with van der Waals surface area (Å²) in [5.41, 5.74) is -0.00862. The second kappa shape index (κ2) is 8.08. The van der Waals surface area contributed by atoms with Gasteiger partial charge in [0.05, 0.1) is 17.6 Å². The van der Waals surface area contributed by atoms with Crippen molar-refractivity contribution in [1.29, 1.82) is 0 Å². The third-order valence-corrected chi connectivity index (χ3v) is 7.65. The number of hydrogen-bond acceptors (Lipinski definition) is 5. The summed E-state index contributed by atoms with van der Waals surface area (Å²) in [6, 6.07) is 13.4. The molecule has 6 nitrogen and oxygen atoms in total. The molecule has 30 heavy (non-hydrogen) atoms. The largest absolute Gasteiger partial charge is 0.390 e. The van der Waals surface area contributed by atoms with Crippen LogP contribution in [0.2, 0.25) is 0 Å². The van der Waals surface area contributed by atoms with Gasteiger partial charge in [0.25, 0.3) is 10.0 Å². The summed E-state index contributed by atoms with van der Waals surface area (Å²) in [7, 11) is -8.06. The van der Waals surface area contributed by atoms with Crippen LogP contribution in [0.5, 0.6) is 0 Å². The molecule has 1 N–H and O–H groups in total. The molecule has 3 aromatic rings. The van der Waals surface area contributed by atoms with E-state index in [-0.39, 0.29) is 15.6 Å². The SMILES string of the molecule is CS(=O)(=O)Nc1cccc(S(=O)(=O)N(CCC(F)(F)F)c2cc3ccccc3s2)c1. The maximum absolute atomic E-state index is 13.2. The molecule has 0 aliphatic heterocycles. The maximum Gasteiger partial charge on any atom is 0.390 e. The Morgan fingerprint density at radius 1 is 1.00 bits per heavy atom. The molecule has 0 bridgehead atoms. The lowest BCUT2D eigenvalue weighted by molar-refractivity contribution is -0.131. The van der Waals surface area contributed by atoms with Crippen LogP contribution in [-0.2, 0) is 20.0 Å². The van der Waals surface area contributed by atoms with Gasteiger partial charge in [-0.15, -0.1) is 11.3 Å². The van der Waals surface area contributed by atoms with Gasteiger partial charge in [-0.2, -0.15) is 13.2 Å². The van der Waals surface area contributed by atoms with Crippen molar-refractivity contribution in [2.45, 2.75) is 17.5 Å². The molecule has 1 heterocycles. The summed E-state index contributed by atoms with van der Waals surface area (Å²) in [5, 5.41) is 0.846. The number of fused-ring (bicyclic) bond motifs is 1. The smallest absolute Gasteiger partial charge is 0.284 e. The van der Waals surface area contributed by atoms with Crippen molar-refractivity contribution in [2.24, 2.45) is 0 Å². The van der Waals surface area contributed by atoms with Crippen LogP contribution in [0.4, 0.5) is 23.9 Å². The lowest BCUT2D eigenvalue weighted by Crippen LogP contribution is -2.33. The summed E-state index contributed by atoms with van der Waals surface area (Å²) >= 11 is 1.06. The van der Waals surface area contributed by atoms with Crippen LogP contribution in [0.3, 0.4) is 0 Å². The Kier molecular flexibility index (Phi) is 6.03. The van der Waals surface area contributed by atoms with Crippen molar-refractivity contribution in [3.8, 4) is 0 Å². The van der Waals surface area contributed by atoms with Crippen LogP contribution in [0.1, 0.15) is 6.42 Å². The van der Waals surface area contributed by atoms with Gasteiger partial charge in [0.15, 0.2) is 0 Å². The first-order chi connectivity index (χ1) is 13.9. The third-order valence-electron chi connectivity index (χ3n) is 3.98. The van der Waals surface area contributed by atoms with Crippen LogP contribution in [0, 0.1) is 0 Å². The Hall–Kier alpha value is -2.31. The summed E-state index contributed by atoms with van der Waals surface area (Å²) in [5.74, 6) is 0. The summed E-state index contributed by atoms with van der Waals surface area (Å²) in [6.07, 6.45) is -4.98. The molecule has 0 aliphatic rings. The molecule has 0 fully saturated rings. The topological polar surface area (TPSA) is 83.5 Å². The number of rotatable bonds is 7. The molecule has 12 heteroatoms. The van der Waals surface area contributed by atoms with E-state index in [1.54, 1.807) is 24.3 Å². The molecule has 162 valence electrons. The van der Waals surface area contributed by atoms with Crippen molar-refractivity contribution in [1.82, 2.24) is 0 Å². The minimum absolute atomic E-state index is 0.00862. The molecule has 0 amide bonds. The van der Waals surface area contributed by atoms with Crippen molar-refractivity contribution in [3.05, 3.63) is 54.6 Å². The number of thiophene rings is 1. The summed E-state index contributed by atoms with van der Waals surface area (Å²) in [4.78, 5) is -0.323. The number of nitrogens with zero attached hydrogens (tertiary/aromatic N) is 1. The van der Waals surface area contributed by atoms with Crippen LogP contribution in [-0.4, -0.2) is 35.8 Å². The number of hydrogen-bond donors (Lipinski definition) is 1. The average molecular weight is 479 g/mol. The second-order valence-electron chi connectivity index (χ2n) is 6.47. The third kappa shape index (κ3) is 5.43. The van der Waals surface area contributed by atoms with Crippen LogP contribution in [0.25, 0.3) is 10.1 Å². The van der Waals surface area contributed by atoms with Gasteiger partial charge < -0.3 is 0 Å². The lowest BCUT2D eigenvalue weighted by Gasteiger charge is -2.23. The zero-order valence-electron chi connectivity index (χ0n) is 15.5. The van der Waals surface area contributed by atoms with Gasteiger partial charge >= 0.3 is 6.18 Å². The Morgan fingerprint density at radius 2 is 1.70 bits per heavy atom. The molecule has 3 rings (SSSR count). The van der Waals surface area contributed by atoms with E-state index in [1.807, 2.05) is 0 Å². The van der Waals surface area contributed by atoms with E-state index >= 15 is 0 Å². The summed E-state index contributed by atoms with van der Waals surface area (Å²) in [6.45, 7) is -0.803. The van der Waals surface area contributed by atoms with Crippen molar-refractivity contribution in [2.75, 3.05) is 21.8 Å². The lowest BCUT2D eigenvalue weighted by atomic mass is 10.3. The van der Waals surface area contributed by atoms with E-state index in [9.17, 15) is 30.0 Å². The van der Waals surface area contributed by atoms with E-state index in [0.29, 0.717) is 9.69 Å². The van der Waals surface area contributed by atoms with Crippen molar-refractivity contribution in [3.63, 3.8) is 0 Å². The van der Waals surface area contributed by atoms with E-state index in [2.05, 4.69) is 4.72 Å². The minimum atomic E-state index is -4.55. The number of alkyl halides is 3. The number of sulfonamides is 2. The van der Waals surface area contributed by atoms with Gasteiger partial charge in [0.2, 0.25) is 10.0 Å². The maximum atomic E-state index is 13.2. The van der Waals surface area contributed by atoms with Gasteiger partial charge in [-0.05, 0) is 35.7 Å². The molecule has 0 saturated carbocycles. The van der Waals surface area contributed by atoms with Gasteiger partial charge in [0, 0.05) is 16.9 Å². The fraction of sp³-hybridized carbons (Fsp3) is 0.222. The monoisotopic (exact) mass is 478 g/mol. The van der Waals surface area contributed by atoms with E-state index < -0.39 is 39.2 Å². The Balaban J connectivity index is 2.06. The van der Waals surface area contributed by atoms with Crippen molar-refractivity contribution < 1.29 is 30.0 Å². The highest BCUT2D eigenvalue weighted by Gasteiger charge is 2.33. The average Bonchev–Trinajstić information content (AvgIpc) is 3.03. The van der Waals surface area contributed by atoms with E-state index in [4.69, 9.17) is 0 Å². The molecule has 0 saturated heterocycles. The molecule has 0 aliphatic carbocycles. The first kappa shape index (κ1) is 22.4. The quantitative estimate of drug-likeness (QED) is 0.545. The normalized spacial score (nSPS) is 12.8. The van der Waals surface area contributed by atoms with E-state index in [0.717, 1.165) is 28.4 Å². The highest BCUT2D eigenvalue weighted by molar-refractivity contribution is 7.93. The Labute approximate surface area is 176 Å². The first-order valence-corrected chi connectivity index (χ1v) is 12.7.